The molecule has 2 aromatic carbocycles. The average molecular weight is 498 g/mol. The van der Waals surface area contributed by atoms with Crippen LogP contribution in [0.4, 0.5) is 0 Å². The summed E-state index contributed by atoms with van der Waals surface area (Å²) < 4.78 is 5.70. The maximum Gasteiger partial charge on any atom is 0.261 e. The quantitative estimate of drug-likeness (QED) is 0.501. The lowest BCUT2D eigenvalue weighted by Crippen LogP contribution is -2.50. The van der Waals surface area contributed by atoms with E-state index in [0.717, 1.165) is 31.2 Å². The number of carbonyl (C=O) groups is 2. The van der Waals surface area contributed by atoms with Crippen molar-refractivity contribution >= 4 is 46.6 Å². The van der Waals surface area contributed by atoms with E-state index in [2.05, 4.69) is 5.32 Å². The fourth-order valence-corrected chi connectivity index (χ4v) is 4.40. The summed E-state index contributed by atoms with van der Waals surface area (Å²) in [6.45, 7) is 3.43. The van der Waals surface area contributed by atoms with E-state index in [1.807, 2.05) is 6.92 Å². The number of benzene rings is 2. The van der Waals surface area contributed by atoms with Crippen LogP contribution in [0.1, 0.15) is 43.7 Å². The third kappa shape index (κ3) is 6.31. The van der Waals surface area contributed by atoms with Crippen molar-refractivity contribution in [2.75, 3.05) is 6.61 Å². The Morgan fingerprint density at radius 1 is 1.09 bits per heavy atom. The first kappa shape index (κ1) is 24.7. The van der Waals surface area contributed by atoms with Crippen molar-refractivity contribution in [3.8, 4) is 5.75 Å². The van der Waals surface area contributed by atoms with E-state index in [1.165, 1.54) is 4.90 Å². The highest BCUT2D eigenvalue weighted by Crippen LogP contribution is 2.27. The lowest BCUT2D eigenvalue weighted by molar-refractivity contribution is -0.142. The number of ether oxygens (including phenoxy) is 1. The van der Waals surface area contributed by atoms with Crippen LogP contribution in [-0.2, 0) is 16.1 Å². The molecule has 1 unspecified atom stereocenters. The summed E-state index contributed by atoms with van der Waals surface area (Å²) in [5.74, 6) is -0.0162. The van der Waals surface area contributed by atoms with Crippen molar-refractivity contribution in [3.05, 3.63) is 62.6 Å². The third-order valence-corrected chi connectivity index (χ3v) is 6.88. The minimum atomic E-state index is -0.717. The van der Waals surface area contributed by atoms with Crippen molar-refractivity contribution in [1.82, 2.24) is 10.2 Å². The second-order valence-electron chi connectivity index (χ2n) is 8.09. The van der Waals surface area contributed by atoms with Gasteiger partial charge in [-0.2, -0.15) is 0 Å². The van der Waals surface area contributed by atoms with Crippen LogP contribution in [0.15, 0.2) is 36.4 Å². The number of rotatable bonds is 8. The van der Waals surface area contributed by atoms with Gasteiger partial charge in [-0.15, -0.1) is 0 Å². The van der Waals surface area contributed by atoms with Gasteiger partial charge in [0.2, 0.25) is 5.91 Å². The minimum Gasteiger partial charge on any atom is -0.484 e. The molecule has 1 atom stereocenters. The fourth-order valence-electron chi connectivity index (χ4n) is 3.76. The number of hydrogen-bond acceptors (Lipinski definition) is 3. The summed E-state index contributed by atoms with van der Waals surface area (Å²) in [7, 11) is 0. The van der Waals surface area contributed by atoms with Crippen molar-refractivity contribution in [3.63, 3.8) is 0 Å². The first-order valence-corrected chi connectivity index (χ1v) is 11.8. The van der Waals surface area contributed by atoms with Gasteiger partial charge in [-0.1, -0.05) is 53.7 Å². The van der Waals surface area contributed by atoms with Crippen LogP contribution >= 0.6 is 34.8 Å². The lowest BCUT2D eigenvalue weighted by Gasteiger charge is -2.30. The first-order valence-electron chi connectivity index (χ1n) is 10.7. The molecule has 2 amide bonds. The van der Waals surface area contributed by atoms with Gasteiger partial charge in [0.05, 0.1) is 0 Å². The Morgan fingerprint density at radius 2 is 1.75 bits per heavy atom. The van der Waals surface area contributed by atoms with Crippen LogP contribution in [0.2, 0.25) is 15.1 Å². The molecule has 0 aromatic heterocycles. The fraction of sp³-hybridized carbons (Fsp3) is 0.417. The number of hydrogen-bond donors (Lipinski definition) is 1. The predicted molar refractivity (Wildman–Crippen MR) is 129 cm³/mol. The van der Waals surface area contributed by atoms with Crippen LogP contribution < -0.4 is 10.1 Å². The topological polar surface area (TPSA) is 58.6 Å². The summed E-state index contributed by atoms with van der Waals surface area (Å²) in [4.78, 5) is 27.6. The first-order chi connectivity index (χ1) is 15.3. The molecule has 172 valence electrons. The van der Waals surface area contributed by atoms with Gasteiger partial charge < -0.3 is 15.0 Å². The number of carbonyl (C=O) groups excluding carboxylic acids is 2. The molecule has 3 rings (SSSR count). The third-order valence-electron chi connectivity index (χ3n) is 5.75. The predicted octanol–water partition coefficient (Wildman–Crippen LogP) is 5.81. The molecule has 1 fully saturated rings. The molecule has 1 aliphatic carbocycles. The standard InChI is InChI=1S/C24H27Cl3N2O3/c1-15-12-18(10-11-20(15)25)32-14-23(30)29(13-19-21(26)8-5-9-22(19)27)16(2)24(31)28-17-6-3-4-7-17/h5,8-12,16-17H,3-4,6-7,13-14H2,1-2H3,(H,28,31). The van der Waals surface area contributed by atoms with Gasteiger partial charge in [0.15, 0.2) is 6.61 Å². The molecule has 8 heteroatoms. The molecule has 0 heterocycles. The van der Waals surface area contributed by atoms with E-state index in [9.17, 15) is 9.59 Å². The molecular weight excluding hydrogens is 471 g/mol. The van der Waals surface area contributed by atoms with Gasteiger partial charge in [-0.3, -0.25) is 9.59 Å². The van der Waals surface area contributed by atoms with Gasteiger partial charge in [0, 0.05) is 33.2 Å². The Labute approximate surface area is 204 Å². The second-order valence-corrected chi connectivity index (χ2v) is 9.31. The number of nitrogens with zero attached hydrogens (tertiary/aromatic N) is 1. The van der Waals surface area contributed by atoms with E-state index in [0.29, 0.717) is 26.4 Å². The van der Waals surface area contributed by atoms with Crippen molar-refractivity contribution < 1.29 is 14.3 Å². The highest BCUT2D eigenvalue weighted by molar-refractivity contribution is 6.36. The molecule has 0 bridgehead atoms. The Morgan fingerprint density at radius 3 is 2.38 bits per heavy atom. The summed E-state index contributed by atoms with van der Waals surface area (Å²) >= 11 is 18.7. The van der Waals surface area contributed by atoms with Crippen LogP contribution in [0, 0.1) is 6.92 Å². The van der Waals surface area contributed by atoms with Crippen LogP contribution in [0.5, 0.6) is 5.75 Å². The average Bonchev–Trinajstić information content (AvgIpc) is 3.27. The Kier molecular flexibility index (Phi) is 8.69. The van der Waals surface area contributed by atoms with E-state index >= 15 is 0 Å². The smallest absolute Gasteiger partial charge is 0.261 e. The summed E-state index contributed by atoms with van der Waals surface area (Å²) in [5, 5.41) is 4.56. The monoisotopic (exact) mass is 496 g/mol. The molecule has 1 aliphatic rings. The zero-order valence-corrected chi connectivity index (χ0v) is 20.4. The SMILES string of the molecule is Cc1cc(OCC(=O)N(Cc2c(Cl)cccc2Cl)C(C)C(=O)NC2CCCC2)ccc1Cl. The van der Waals surface area contributed by atoms with E-state index < -0.39 is 6.04 Å². The molecule has 5 nitrogen and oxygen atoms in total. The summed E-state index contributed by atoms with van der Waals surface area (Å²) in [6.07, 6.45) is 4.13. The van der Waals surface area contributed by atoms with Crippen molar-refractivity contribution in [2.24, 2.45) is 0 Å². The number of halogens is 3. The highest BCUT2D eigenvalue weighted by Gasteiger charge is 2.29. The summed E-state index contributed by atoms with van der Waals surface area (Å²) in [5.41, 5.74) is 1.44. The van der Waals surface area contributed by atoms with Crippen molar-refractivity contribution in [1.29, 1.82) is 0 Å². The number of nitrogens with one attached hydrogen (secondary N) is 1. The highest BCUT2D eigenvalue weighted by atomic mass is 35.5. The number of aryl methyl sites for hydroxylation is 1. The minimum absolute atomic E-state index is 0.0968. The molecular formula is C24H27Cl3N2O3. The molecule has 0 saturated heterocycles. The molecule has 32 heavy (non-hydrogen) atoms. The molecule has 1 saturated carbocycles. The maximum atomic E-state index is 13.2. The van der Waals surface area contributed by atoms with Gasteiger partial charge in [0.1, 0.15) is 11.8 Å². The number of amides is 2. The largest absolute Gasteiger partial charge is 0.484 e. The molecule has 0 spiro atoms. The molecule has 0 aliphatic heterocycles. The van der Waals surface area contributed by atoms with Crippen molar-refractivity contribution in [2.45, 2.75) is 58.2 Å². The maximum absolute atomic E-state index is 13.2. The normalized spacial score (nSPS) is 14.8. The zero-order chi connectivity index (χ0) is 23.3. The van der Waals surface area contributed by atoms with Gasteiger partial charge in [-0.25, -0.2) is 0 Å². The summed E-state index contributed by atoms with van der Waals surface area (Å²) in [6, 6.07) is 9.78. The second kappa shape index (κ2) is 11.3. The van der Waals surface area contributed by atoms with Gasteiger partial charge >= 0.3 is 0 Å². The Hall–Kier alpha value is -1.95. The van der Waals surface area contributed by atoms with Crippen LogP contribution in [0.25, 0.3) is 0 Å². The van der Waals surface area contributed by atoms with Gasteiger partial charge in [0.25, 0.3) is 5.91 Å². The Balaban J connectivity index is 1.77. The lowest BCUT2D eigenvalue weighted by atomic mass is 10.1. The zero-order valence-electron chi connectivity index (χ0n) is 18.2. The van der Waals surface area contributed by atoms with Gasteiger partial charge in [-0.05, 0) is 62.6 Å². The van der Waals surface area contributed by atoms with Crippen LogP contribution in [-0.4, -0.2) is 35.4 Å². The van der Waals surface area contributed by atoms with E-state index in [4.69, 9.17) is 39.5 Å². The van der Waals surface area contributed by atoms with E-state index in [-0.39, 0.29) is 31.0 Å². The van der Waals surface area contributed by atoms with E-state index in [1.54, 1.807) is 43.3 Å². The molecule has 0 radical (unpaired) electrons. The molecule has 1 N–H and O–H groups in total. The molecule has 2 aromatic rings. The Bertz CT molecular complexity index is 957. The van der Waals surface area contributed by atoms with Crippen LogP contribution in [0.3, 0.4) is 0 Å².